The molecule has 0 radical (unpaired) electrons. The number of methoxy groups -OCH3 is 1. The Morgan fingerprint density at radius 3 is 2.79 bits per heavy atom. The largest absolute Gasteiger partial charge is 0.465 e. The highest BCUT2D eigenvalue weighted by molar-refractivity contribution is 7.71. The number of aryl methyl sites for hydroxylation is 1. The van der Waals surface area contributed by atoms with Crippen LogP contribution in [0, 0.1) is 17.5 Å². The second-order valence-corrected chi connectivity index (χ2v) is 8.55. The first-order valence-corrected chi connectivity index (χ1v) is 11.2. The summed E-state index contributed by atoms with van der Waals surface area (Å²) in [5, 5.41) is 4.75. The lowest BCUT2D eigenvalue weighted by molar-refractivity contribution is 0.0598. The third-order valence-electron chi connectivity index (χ3n) is 5.61. The van der Waals surface area contributed by atoms with Crippen LogP contribution >= 0.6 is 12.2 Å². The summed E-state index contributed by atoms with van der Waals surface area (Å²) in [6.07, 6.45) is 2.07. The van der Waals surface area contributed by atoms with Gasteiger partial charge in [0, 0.05) is 12.2 Å². The third-order valence-corrected chi connectivity index (χ3v) is 6.04. The summed E-state index contributed by atoms with van der Waals surface area (Å²) in [5.74, 6) is 1.10. The maximum Gasteiger partial charge on any atom is 0.341 e. The van der Waals surface area contributed by atoms with Gasteiger partial charge in [0.25, 0.3) is 0 Å². The summed E-state index contributed by atoms with van der Waals surface area (Å²) in [5.41, 5.74) is 1.20. The van der Waals surface area contributed by atoms with Crippen molar-refractivity contribution in [1.29, 1.82) is 0 Å². The quantitative estimate of drug-likeness (QED) is 0.358. The van der Waals surface area contributed by atoms with E-state index in [-0.39, 0.29) is 11.9 Å². The molecule has 1 unspecified atom stereocenters. The number of ether oxygens (including phenoxy) is 2. The Labute approximate surface area is 196 Å². The molecule has 0 N–H and O–H groups in total. The molecule has 4 rings (SSSR count). The van der Waals surface area contributed by atoms with Crippen molar-refractivity contribution >= 4 is 18.2 Å². The van der Waals surface area contributed by atoms with E-state index in [1.807, 2.05) is 16.5 Å². The van der Waals surface area contributed by atoms with Crippen LogP contribution in [-0.4, -0.2) is 52.1 Å². The molecule has 1 saturated heterocycles. The molecule has 1 aliphatic rings. The average Bonchev–Trinajstić information content (AvgIpc) is 3.50. The van der Waals surface area contributed by atoms with Gasteiger partial charge in [-0.1, -0.05) is 0 Å². The number of esters is 1. The molecule has 10 heteroatoms. The first-order chi connectivity index (χ1) is 15.9. The van der Waals surface area contributed by atoms with E-state index in [2.05, 4.69) is 0 Å². The highest BCUT2D eigenvalue weighted by Crippen LogP contribution is 2.23. The average molecular weight is 475 g/mol. The Bertz CT molecular complexity index is 1180. The van der Waals surface area contributed by atoms with Gasteiger partial charge in [-0.05, 0) is 69.4 Å². The van der Waals surface area contributed by atoms with Gasteiger partial charge in [-0.25, -0.2) is 13.9 Å². The number of benzene rings is 1. The van der Waals surface area contributed by atoms with Crippen LogP contribution < -0.4 is 0 Å². The fraction of sp³-hybridized carbons (Fsp3) is 0.435. The SMILES string of the molecule is COC(=O)c1cc(CN(C)Cn2nc(-c3ccc(F)cc3)n(CC3CCCO3)c2=S)oc1C. The van der Waals surface area contributed by atoms with Crippen LogP contribution in [0.2, 0.25) is 0 Å². The van der Waals surface area contributed by atoms with Crippen molar-refractivity contribution in [1.82, 2.24) is 19.2 Å². The first kappa shape index (κ1) is 23.3. The van der Waals surface area contributed by atoms with Gasteiger partial charge in [0.05, 0.1) is 33.0 Å². The molecule has 1 aromatic carbocycles. The topological polar surface area (TPSA) is 74.7 Å². The van der Waals surface area contributed by atoms with Gasteiger partial charge in [0.1, 0.15) is 22.9 Å². The van der Waals surface area contributed by atoms with E-state index in [1.54, 1.807) is 29.8 Å². The lowest BCUT2D eigenvalue weighted by atomic mass is 10.2. The van der Waals surface area contributed by atoms with Crippen molar-refractivity contribution in [2.24, 2.45) is 0 Å². The zero-order valence-electron chi connectivity index (χ0n) is 18.9. The Morgan fingerprint density at radius 1 is 1.36 bits per heavy atom. The summed E-state index contributed by atoms with van der Waals surface area (Å²) in [6.45, 7) is 3.92. The molecule has 1 aliphatic heterocycles. The summed E-state index contributed by atoms with van der Waals surface area (Å²) in [7, 11) is 3.25. The van der Waals surface area contributed by atoms with Crippen molar-refractivity contribution in [2.45, 2.75) is 45.6 Å². The molecule has 176 valence electrons. The van der Waals surface area contributed by atoms with E-state index in [0.29, 0.717) is 47.4 Å². The van der Waals surface area contributed by atoms with Crippen molar-refractivity contribution in [3.63, 3.8) is 0 Å². The molecule has 8 nitrogen and oxygen atoms in total. The second-order valence-electron chi connectivity index (χ2n) is 8.19. The maximum absolute atomic E-state index is 13.5. The normalized spacial score (nSPS) is 16.0. The van der Waals surface area contributed by atoms with E-state index in [1.165, 1.54) is 19.2 Å². The third kappa shape index (κ3) is 5.23. The zero-order chi connectivity index (χ0) is 23.5. The van der Waals surface area contributed by atoms with E-state index in [4.69, 9.17) is 31.2 Å². The Morgan fingerprint density at radius 2 is 2.12 bits per heavy atom. The van der Waals surface area contributed by atoms with Gasteiger partial charge in [0.2, 0.25) is 0 Å². The van der Waals surface area contributed by atoms with Crippen LogP contribution in [0.3, 0.4) is 0 Å². The Kier molecular flexibility index (Phi) is 7.06. The molecule has 0 saturated carbocycles. The standard InChI is InChI=1S/C23H27FN4O4S/c1-15-20(22(29)30-3)11-19(32-15)12-26(2)14-28-23(33)27(13-18-5-4-10-31-18)21(25-28)16-6-8-17(24)9-7-16/h6-9,11,18H,4-5,10,12-14H2,1-3H3. The lowest BCUT2D eigenvalue weighted by Gasteiger charge is -2.15. The van der Waals surface area contributed by atoms with Gasteiger partial charge >= 0.3 is 5.97 Å². The minimum Gasteiger partial charge on any atom is -0.465 e. The first-order valence-electron chi connectivity index (χ1n) is 10.8. The maximum atomic E-state index is 13.5. The molecule has 0 bridgehead atoms. The van der Waals surface area contributed by atoms with Gasteiger partial charge < -0.3 is 13.9 Å². The number of furan rings is 1. The molecular weight excluding hydrogens is 447 g/mol. The number of carbonyl (C=O) groups excluding carboxylic acids is 1. The van der Waals surface area contributed by atoms with Gasteiger partial charge in [-0.3, -0.25) is 9.47 Å². The second kappa shape index (κ2) is 9.98. The minimum absolute atomic E-state index is 0.0779. The van der Waals surface area contributed by atoms with Gasteiger partial charge in [-0.2, -0.15) is 5.10 Å². The highest BCUT2D eigenvalue weighted by Gasteiger charge is 2.22. The van der Waals surface area contributed by atoms with E-state index in [9.17, 15) is 9.18 Å². The predicted molar refractivity (Wildman–Crippen MR) is 122 cm³/mol. The number of hydrogen-bond acceptors (Lipinski definition) is 7. The predicted octanol–water partition coefficient (Wildman–Crippen LogP) is 4.18. The van der Waals surface area contributed by atoms with Crippen LogP contribution in [0.15, 0.2) is 34.7 Å². The van der Waals surface area contributed by atoms with Crippen molar-refractivity contribution in [3.05, 3.63) is 58.0 Å². The summed E-state index contributed by atoms with van der Waals surface area (Å²) in [4.78, 5) is 13.8. The van der Waals surface area contributed by atoms with Gasteiger partial charge in [-0.15, -0.1) is 0 Å². The van der Waals surface area contributed by atoms with Crippen molar-refractivity contribution in [2.75, 3.05) is 20.8 Å². The molecule has 2 aromatic heterocycles. The fourth-order valence-corrected chi connectivity index (χ4v) is 4.24. The van der Waals surface area contributed by atoms with Crippen LogP contribution in [-0.2, 0) is 29.2 Å². The molecule has 33 heavy (non-hydrogen) atoms. The number of carbonyl (C=O) groups is 1. The molecule has 0 spiro atoms. The lowest BCUT2D eigenvalue weighted by Crippen LogP contribution is -2.23. The highest BCUT2D eigenvalue weighted by atomic mass is 32.1. The summed E-state index contributed by atoms with van der Waals surface area (Å²) in [6, 6.07) is 7.92. The number of rotatable bonds is 8. The van der Waals surface area contributed by atoms with Crippen LogP contribution in [0.5, 0.6) is 0 Å². The van der Waals surface area contributed by atoms with Crippen molar-refractivity contribution < 1.29 is 23.1 Å². The molecular formula is C23H27FN4O4S. The molecule has 3 heterocycles. The van der Waals surface area contributed by atoms with Crippen molar-refractivity contribution in [3.8, 4) is 11.4 Å². The molecule has 0 aliphatic carbocycles. The Hall–Kier alpha value is -2.82. The number of aromatic nitrogens is 3. The summed E-state index contributed by atoms with van der Waals surface area (Å²) >= 11 is 5.75. The number of halogens is 1. The van der Waals surface area contributed by atoms with E-state index >= 15 is 0 Å². The summed E-state index contributed by atoms with van der Waals surface area (Å²) < 4.78 is 34.0. The molecule has 3 aromatic rings. The molecule has 1 atom stereocenters. The molecule has 1 fully saturated rings. The number of hydrogen-bond donors (Lipinski definition) is 0. The van der Waals surface area contributed by atoms with Crippen LogP contribution in [0.4, 0.5) is 4.39 Å². The van der Waals surface area contributed by atoms with Crippen LogP contribution in [0.1, 0.15) is 34.7 Å². The zero-order valence-corrected chi connectivity index (χ0v) is 19.7. The van der Waals surface area contributed by atoms with E-state index in [0.717, 1.165) is 25.0 Å². The van der Waals surface area contributed by atoms with E-state index < -0.39 is 5.97 Å². The molecule has 0 amide bonds. The monoisotopic (exact) mass is 474 g/mol. The van der Waals surface area contributed by atoms with Crippen LogP contribution in [0.25, 0.3) is 11.4 Å². The minimum atomic E-state index is -0.427. The van der Waals surface area contributed by atoms with Gasteiger partial charge in [0.15, 0.2) is 10.6 Å². The number of nitrogens with zero attached hydrogens (tertiary/aromatic N) is 4. The fourth-order valence-electron chi connectivity index (χ4n) is 3.98. The smallest absolute Gasteiger partial charge is 0.341 e. The Balaban J connectivity index is 1.57.